The lowest BCUT2D eigenvalue weighted by atomic mass is 10.1. The summed E-state index contributed by atoms with van der Waals surface area (Å²) in [7, 11) is 1.09. The van der Waals surface area contributed by atoms with Gasteiger partial charge in [-0.2, -0.15) is 31.4 Å². The third-order valence-electron chi connectivity index (χ3n) is 4.60. The van der Waals surface area contributed by atoms with Gasteiger partial charge in [-0.3, -0.25) is 14.3 Å². The standard InChI is InChI=1S/C19H11F6N5O3S/c1-30-8(6-11(29-30)19(23,24)25)16(32)28-13-12-7(9-3-2-4-33-9)5-10(18(20,21)22)27-17(12)34-14(13)15(26)31/h2-6H,1H3,(H2,26,31)(H,28,32). The van der Waals surface area contributed by atoms with E-state index in [0.29, 0.717) is 28.2 Å². The van der Waals surface area contributed by atoms with Crippen LogP contribution in [0.15, 0.2) is 34.9 Å². The van der Waals surface area contributed by atoms with Crippen LogP contribution in [0.2, 0.25) is 0 Å². The molecule has 4 aromatic heterocycles. The number of anilines is 1. The van der Waals surface area contributed by atoms with Gasteiger partial charge in [-0.15, -0.1) is 11.3 Å². The first-order valence-electron chi connectivity index (χ1n) is 9.08. The van der Waals surface area contributed by atoms with E-state index >= 15 is 0 Å². The van der Waals surface area contributed by atoms with E-state index in [1.54, 1.807) is 0 Å². The smallest absolute Gasteiger partial charge is 0.435 e. The summed E-state index contributed by atoms with van der Waals surface area (Å²) in [6.07, 6.45) is -8.48. The quantitative estimate of drug-likeness (QED) is 0.393. The maximum absolute atomic E-state index is 13.4. The zero-order valence-corrected chi connectivity index (χ0v) is 17.5. The van der Waals surface area contributed by atoms with Crippen molar-refractivity contribution < 1.29 is 40.3 Å². The van der Waals surface area contributed by atoms with Gasteiger partial charge in [0.05, 0.1) is 12.0 Å². The number of primary amides is 1. The van der Waals surface area contributed by atoms with Gasteiger partial charge in [0.2, 0.25) is 0 Å². The van der Waals surface area contributed by atoms with Gasteiger partial charge in [-0.25, -0.2) is 4.98 Å². The Morgan fingerprint density at radius 3 is 2.32 bits per heavy atom. The van der Waals surface area contributed by atoms with Gasteiger partial charge in [0, 0.05) is 24.1 Å². The van der Waals surface area contributed by atoms with Crippen molar-refractivity contribution in [1.82, 2.24) is 14.8 Å². The van der Waals surface area contributed by atoms with Crippen molar-refractivity contribution in [2.45, 2.75) is 12.4 Å². The zero-order chi connectivity index (χ0) is 25.0. The van der Waals surface area contributed by atoms with Gasteiger partial charge in [0.25, 0.3) is 11.8 Å². The van der Waals surface area contributed by atoms with Gasteiger partial charge in [0.1, 0.15) is 26.9 Å². The molecule has 4 rings (SSSR count). The van der Waals surface area contributed by atoms with Crippen LogP contribution in [0.1, 0.15) is 31.5 Å². The molecule has 0 spiro atoms. The largest absolute Gasteiger partial charge is 0.464 e. The highest BCUT2D eigenvalue weighted by Gasteiger charge is 2.37. The van der Waals surface area contributed by atoms with Gasteiger partial charge >= 0.3 is 12.4 Å². The molecule has 4 aromatic rings. The summed E-state index contributed by atoms with van der Waals surface area (Å²) in [5.74, 6) is -2.25. The number of aromatic nitrogens is 3. The average molecular weight is 503 g/mol. The number of rotatable bonds is 4. The molecular weight excluding hydrogens is 492 g/mol. The average Bonchev–Trinajstić information content (AvgIpc) is 3.44. The Labute approximate surface area is 189 Å². The van der Waals surface area contributed by atoms with Crippen molar-refractivity contribution >= 4 is 39.1 Å². The Hall–Kier alpha value is -3.88. The van der Waals surface area contributed by atoms with E-state index in [1.807, 2.05) is 0 Å². The molecule has 0 atom stereocenters. The molecule has 15 heteroatoms. The van der Waals surface area contributed by atoms with Crippen LogP contribution in [-0.4, -0.2) is 26.6 Å². The van der Waals surface area contributed by atoms with Gasteiger partial charge in [-0.05, 0) is 18.2 Å². The van der Waals surface area contributed by atoms with E-state index in [2.05, 4.69) is 15.4 Å². The normalized spacial score (nSPS) is 12.3. The fraction of sp³-hybridized carbons (Fsp3) is 0.158. The number of furan rings is 1. The first kappa shape index (κ1) is 23.3. The molecule has 178 valence electrons. The number of hydrogen-bond acceptors (Lipinski definition) is 6. The molecule has 0 saturated carbocycles. The van der Waals surface area contributed by atoms with Crippen LogP contribution in [0.5, 0.6) is 0 Å². The fourth-order valence-electron chi connectivity index (χ4n) is 3.16. The zero-order valence-electron chi connectivity index (χ0n) is 16.7. The molecule has 0 aliphatic carbocycles. The lowest BCUT2D eigenvalue weighted by molar-refractivity contribution is -0.142. The lowest BCUT2D eigenvalue weighted by Crippen LogP contribution is -2.19. The second kappa shape index (κ2) is 7.86. The molecular formula is C19H11F6N5O3S. The van der Waals surface area contributed by atoms with Crippen LogP contribution < -0.4 is 11.1 Å². The van der Waals surface area contributed by atoms with Crippen LogP contribution in [0.4, 0.5) is 32.0 Å². The number of thiophene rings is 1. The number of fused-ring (bicyclic) bond motifs is 1. The number of carbonyl (C=O) groups excluding carboxylic acids is 2. The summed E-state index contributed by atoms with van der Waals surface area (Å²) < 4.78 is 85.1. The summed E-state index contributed by atoms with van der Waals surface area (Å²) >= 11 is 0.480. The van der Waals surface area contributed by atoms with Crippen LogP contribution in [0.25, 0.3) is 21.5 Å². The number of alkyl halides is 6. The predicted molar refractivity (Wildman–Crippen MR) is 107 cm³/mol. The minimum atomic E-state index is -4.85. The van der Waals surface area contributed by atoms with Crippen LogP contribution in [0, 0.1) is 0 Å². The van der Waals surface area contributed by atoms with E-state index < -0.39 is 41.2 Å². The molecule has 8 nitrogen and oxygen atoms in total. The molecule has 34 heavy (non-hydrogen) atoms. The van der Waals surface area contributed by atoms with Crippen LogP contribution in [0.3, 0.4) is 0 Å². The minimum absolute atomic E-state index is 0.0397. The third-order valence-corrected chi connectivity index (χ3v) is 5.70. The number of carbonyl (C=O) groups is 2. The molecule has 0 saturated heterocycles. The summed E-state index contributed by atoms with van der Waals surface area (Å²) in [5, 5.41) is 5.41. The highest BCUT2D eigenvalue weighted by Crippen LogP contribution is 2.44. The van der Waals surface area contributed by atoms with Crippen LogP contribution >= 0.6 is 11.3 Å². The minimum Gasteiger partial charge on any atom is -0.464 e. The van der Waals surface area contributed by atoms with E-state index in [0.717, 1.165) is 7.05 Å². The Bertz CT molecular complexity index is 1420. The van der Waals surface area contributed by atoms with Crippen molar-refractivity contribution in [3.05, 3.63) is 52.5 Å². The Morgan fingerprint density at radius 2 is 1.79 bits per heavy atom. The molecule has 0 unspecified atom stereocenters. The SMILES string of the molecule is Cn1nc(C(F)(F)F)cc1C(=O)Nc1c(C(N)=O)sc2nc(C(F)(F)F)cc(-c3ccco3)c12. The van der Waals surface area contributed by atoms with Gasteiger partial charge < -0.3 is 15.5 Å². The number of halogens is 6. The maximum Gasteiger partial charge on any atom is 0.435 e. The summed E-state index contributed by atoms with van der Waals surface area (Å²) in [5.41, 5.74) is 1.72. The Balaban J connectivity index is 1.92. The lowest BCUT2D eigenvalue weighted by Gasteiger charge is -2.11. The molecule has 3 N–H and O–H groups in total. The number of nitrogens with two attached hydrogens (primary N) is 1. The predicted octanol–water partition coefficient (Wildman–Crippen LogP) is 4.68. The highest BCUT2D eigenvalue weighted by molar-refractivity contribution is 7.21. The van der Waals surface area contributed by atoms with Crippen molar-refractivity contribution in [2.75, 3.05) is 5.32 Å². The molecule has 0 aliphatic heterocycles. The molecule has 2 amide bonds. The first-order valence-corrected chi connectivity index (χ1v) is 9.90. The topological polar surface area (TPSA) is 116 Å². The fourth-order valence-corrected chi connectivity index (χ4v) is 4.17. The van der Waals surface area contributed by atoms with Crippen molar-refractivity contribution in [2.24, 2.45) is 12.8 Å². The maximum atomic E-state index is 13.4. The molecule has 0 bridgehead atoms. The summed E-state index contributed by atoms with van der Waals surface area (Å²) in [6.45, 7) is 0. The van der Waals surface area contributed by atoms with Crippen molar-refractivity contribution in [1.29, 1.82) is 0 Å². The van der Waals surface area contributed by atoms with E-state index in [4.69, 9.17) is 10.2 Å². The number of hydrogen-bond donors (Lipinski definition) is 2. The number of nitrogens with one attached hydrogen (secondary N) is 1. The molecule has 0 radical (unpaired) electrons. The van der Waals surface area contributed by atoms with Gasteiger partial charge in [-0.1, -0.05) is 0 Å². The monoisotopic (exact) mass is 503 g/mol. The Morgan fingerprint density at radius 1 is 1.12 bits per heavy atom. The van der Waals surface area contributed by atoms with E-state index in [9.17, 15) is 35.9 Å². The molecule has 0 aliphatic rings. The number of aryl methyl sites for hydroxylation is 1. The molecule has 0 aromatic carbocycles. The second-order valence-corrected chi connectivity index (χ2v) is 7.87. The number of amides is 2. The van der Waals surface area contributed by atoms with Gasteiger partial charge in [0.15, 0.2) is 5.69 Å². The molecule has 0 fully saturated rings. The highest BCUT2D eigenvalue weighted by atomic mass is 32.1. The van der Waals surface area contributed by atoms with Crippen LogP contribution in [-0.2, 0) is 19.4 Å². The number of pyridine rings is 1. The van der Waals surface area contributed by atoms with Crippen molar-refractivity contribution in [3.63, 3.8) is 0 Å². The van der Waals surface area contributed by atoms with E-state index in [-0.39, 0.29) is 32.1 Å². The number of nitrogens with zero attached hydrogens (tertiary/aromatic N) is 3. The molecule has 4 heterocycles. The third kappa shape index (κ3) is 4.09. The summed E-state index contributed by atoms with van der Waals surface area (Å²) in [6, 6.07) is 3.91. The Kier molecular flexibility index (Phi) is 5.38. The first-order chi connectivity index (χ1) is 15.8. The summed E-state index contributed by atoms with van der Waals surface area (Å²) in [4.78, 5) is 27.7. The van der Waals surface area contributed by atoms with E-state index in [1.165, 1.54) is 18.4 Å². The van der Waals surface area contributed by atoms with Crippen molar-refractivity contribution in [3.8, 4) is 11.3 Å². The second-order valence-electron chi connectivity index (χ2n) is 6.87.